The topological polar surface area (TPSA) is 92.7 Å². The van der Waals surface area contributed by atoms with Gasteiger partial charge in [-0.05, 0) is 44.1 Å². The lowest BCUT2D eigenvalue weighted by atomic mass is 9.79. The van der Waals surface area contributed by atoms with E-state index < -0.39 is 23.8 Å². The predicted octanol–water partition coefficient (Wildman–Crippen LogP) is 3.63. The first kappa shape index (κ1) is 18.9. The highest BCUT2D eigenvalue weighted by molar-refractivity contribution is 7.17. The van der Waals surface area contributed by atoms with Crippen LogP contribution in [0.1, 0.15) is 65.7 Å². The van der Waals surface area contributed by atoms with Crippen molar-refractivity contribution >= 4 is 34.2 Å². The zero-order valence-corrected chi connectivity index (χ0v) is 15.8. The summed E-state index contributed by atoms with van der Waals surface area (Å²) < 4.78 is 4.95. The lowest BCUT2D eigenvalue weighted by molar-refractivity contribution is -0.147. The minimum Gasteiger partial charge on any atom is -0.481 e. The third kappa shape index (κ3) is 3.77. The van der Waals surface area contributed by atoms with Crippen LogP contribution in [-0.2, 0) is 27.2 Å². The molecule has 2 aliphatic carbocycles. The molecule has 0 unspecified atom stereocenters. The molecule has 7 heteroatoms. The zero-order valence-electron chi connectivity index (χ0n) is 15.0. The van der Waals surface area contributed by atoms with Gasteiger partial charge in [0.2, 0.25) is 5.91 Å². The van der Waals surface area contributed by atoms with E-state index in [4.69, 9.17) is 4.74 Å². The van der Waals surface area contributed by atoms with E-state index in [1.807, 2.05) is 0 Å². The summed E-state index contributed by atoms with van der Waals surface area (Å²) in [6.45, 7) is 0. The molecule has 6 nitrogen and oxygen atoms in total. The number of nitrogens with one attached hydrogen (secondary N) is 1. The Morgan fingerprint density at radius 1 is 1.04 bits per heavy atom. The maximum Gasteiger partial charge on any atom is 0.341 e. The summed E-state index contributed by atoms with van der Waals surface area (Å²) >= 11 is 1.44. The maximum atomic E-state index is 12.8. The van der Waals surface area contributed by atoms with Gasteiger partial charge in [0.15, 0.2) is 0 Å². The molecule has 0 aliphatic heterocycles. The standard InChI is InChI=1S/C19H25NO5S/c1-25-19(24)15-13-9-3-2-4-10-14(13)26-17(15)20-16(21)11-7-5-6-8-12(11)18(22)23/h11-12H,2-10H2,1H3,(H,20,21)(H,22,23)/t11-,12+/m0/s1. The Morgan fingerprint density at radius 3 is 2.42 bits per heavy atom. The fourth-order valence-electron chi connectivity index (χ4n) is 4.09. The molecule has 1 heterocycles. The molecule has 1 amide bonds. The molecule has 0 radical (unpaired) electrons. The maximum absolute atomic E-state index is 12.8. The largest absolute Gasteiger partial charge is 0.481 e. The fraction of sp³-hybridized carbons (Fsp3) is 0.632. The van der Waals surface area contributed by atoms with Gasteiger partial charge in [-0.2, -0.15) is 0 Å². The summed E-state index contributed by atoms with van der Waals surface area (Å²) in [6.07, 6.45) is 7.73. The van der Waals surface area contributed by atoms with E-state index in [1.54, 1.807) is 0 Å². The Labute approximate surface area is 156 Å². The number of rotatable bonds is 4. The summed E-state index contributed by atoms with van der Waals surface area (Å²) in [5, 5.41) is 12.8. The molecule has 0 spiro atoms. The van der Waals surface area contributed by atoms with Gasteiger partial charge in [-0.15, -0.1) is 11.3 Å². The van der Waals surface area contributed by atoms with Crippen molar-refractivity contribution < 1.29 is 24.2 Å². The Morgan fingerprint density at radius 2 is 1.73 bits per heavy atom. The molecule has 1 aromatic rings. The minimum absolute atomic E-state index is 0.293. The first-order valence-corrected chi connectivity index (χ1v) is 10.1. The smallest absolute Gasteiger partial charge is 0.341 e. The molecule has 0 bridgehead atoms. The van der Waals surface area contributed by atoms with Gasteiger partial charge in [-0.1, -0.05) is 19.3 Å². The Bertz CT molecular complexity index is 711. The van der Waals surface area contributed by atoms with Crippen molar-refractivity contribution in [2.75, 3.05) is 12.4 Å². The van der Waals surface area contributed by atoms with Crippen LogP contribution in [0, 0.1) is 11.8 Å². The van der Waals surface area contributed by atoms with Gasteiger partial charge in [-0.3, -0.25) is 9.59 Å². The summed E-state index contributed by atoms with van der Waals surface area (Å²) in [5.74, 6) is -2.84. The second kappa shape index (κ2) is 8.20. The fourth-order valence-corrected chi connectivity index (χ4v) is 5.37. The van der Waals surface area contributed by atoms with Crippen LogP contribution in [0.3, 0.4) is 0 Å². The zero-order chi connectivity index (χ0) is 18.7. The molecule has 2 atom stereocenters. The molecule has 1 fully saturated rings. The van der Waals surface area contributed by atoms with Crippen molar-refractivity contribution in [3.63, 3.8) is 0 Å². The number of carbonyl (C=O) groups is 3. The highest BCUT2D eigenvalue weighted by atomic mass is 32.1. The molecule has 1 aromatic heterocycles. The number of hydrogen-bond donors (Lipinski definition) is 2. The van der Waals surface area contributed by atoms with E-state index in [0.717, 1.165) is 55.4 Å². The SMILES string of the molecule is COC(=O)c1c(NC(=O)[C@H]2CCCC[C@H]2C(=O)O)sc2c1CCCCC2. The van der Waals surface area contributed by atoms with Gasteiger partial charge in [-0.25, -0.2) is 4.79 Å². The van der Waals surface area contributed by atoms with Gasteiger partial charge in [0.1, 0.15) is 5.00 Å². The van der Waals surface area contributed by atoms with Crippen molar-refractivity contribution in [3.8, 4) is 0 Å². The first-order valence-electron chi connectivity index (χ1n) is 9.29. The minimum atomic E-state index is -0.917. The normalized spacial score (nSPS) is 22.8. The van der Waals surface area contributed by atoms with Crippen molar-refractivity contribution in [2.45, 2.75) is 57.8 Å². The Balaban J connectivity index is 1.87. The average Bonchev–Trinajstić information content (AvgIpc) is 2.81. The van der Waals surface area contributed by atoms with E-state index in [-0.39, 0.29) is 5.91 Å². The van der Waals surface area contributed by atoms with Gasteiger partial charge >= 0.3 is 11.9 Å². The molecule has 2 N–H and O–H groups in total. The predicted molar refractivity (Wildman–Crippen MR) is 98.6 cm³/mol. The number of methoxy groups -OCH3 is 1. The number of hydrogen-bond acceptors (Lipinski definition) is 5. The van der Waals surface area contributed by atoms with Crippen LogP contribution in [0.4, 0.5) is 5.00 Å². The number of ether oxygens (including phenoxy) is 1. The number of carboxylic acids is 1. The van der Waals surface area contributed by atoms with E-state index in [1.165, 1.54) is 18.4 Å². The summed E-state index contributed by atoms with van der Waals surface area (Å²) in [4.78, 5) is 37.8. The van der Waals surface area contributed by atoms with Crippen molar-refractivity contribution in [3.05, 3.63) is 16.0 Å². The molecule has 0 saturated heterocycles. The molecule has 0 aromatic carbocycles. The van der Waals surface area contributed by atoms with Crippen molar-refractivity contribution in [2.24, 2.45) is 11.8 Å². The van der Waals surface area contributed by atoms with Crippen molar-refractivity contribution in [1.29, 1.82) is 0 Å². The van der Waals surface area contributed by atoms with Gasteiger partial charge in [0, 0.05) is 4.88 Å². The van der Waals surface area contributed by atoms with Crippen LogP contribution in [0.15, 0.2) is 0 Å². The quantitative estimate of drug-likeness (QED) is 0.615. The van der Waals surface area contributed by atoms with E-state index >= 15 is 0 Å². The third-order valence-corrected chi connectivity index (χ3v) is 6.67. The highest BCUT2D eigenvalue weighted by Gasteiger charge is 2.37. The van der Waals surface area contributed by atoms with Gasteiger partial charge in [0.25, 0.3) is 0 Å². The molecule has 2 aliphatic rings. The van der Waals surface area contributed by atoms with E-state index in [9.17, 15) is 19.5 Å². The number of carboxylic acid groups (broad SMARTS) is 1. The molecular weight excluding hydrogens is 354 g/mol. The van der Waals surface area contributed by atoms with Crippen LogP contribution in [0.5, 0.6) is 0 Å². The molecule has 26 heavy (non-hydrogen) atoms. The number of aryl methyl sites for hydroxylation is 1. The van der Waals surface area contributed by atoms with Crippen LogP contribution < -0.4 is 5.32 Å². The highest BCUT2D eigenvalue weighted by Crippen LogP contribution is 2.39. The lowest BCUT2D eigenvalue weighted by Crippen LogP contribution is -2.36. The Kier molecular flexibility index (Phi) is 5.96. The van der Waals surface area contributed by atoms with E-state index in [0.29, 0.717) is 23.4 Å². The van der Waals surface area contributed by atoms with Crippen LogP contribution in [0.25, 0.3) is 0 Å². The number of thiophene rings is 1. The second-order valence-corrected chi connectivity index (χ2v) is 8.19. The number of carbonyl (C=O) groups excluding carboxylic acids is 2. The Hall–Kier alpha value is -1.89. The van der Waals surface area contributed by atoms with Crippen LogP contribution in [-0.4, -0.2) is 30.1 Å². The van der Waals surface area contributed by atoms with Gasteiger partial charge in [0.05, 0.1) is 24.5 Å². The number of amides is 1. The molecule has 1 saturated carbocycles. The summed E-state index contributed by atoms with van der Waals surface area (Å²) in [6, 6.07) is 0. The average molecular weight is 379 g/mol. The van der Waals surface area contributed by atoms with Crippen LogP contribution >= 0.6 is 11.3 Å². The van der Waals surface area contributed by atoms with E-state index in [2.05, 4.69) is 5.32 Å². The van der Waals surface area contributed by atoms with Crippen molar-refractivity contribution in [1.82, 2.24) is 0 Å². The molecular formula is C19H25NO5S. The number of esters is 1. The monoisotopic (exact) mass is 379 g/mol. The molecule has 142 valence electrons. The number of anilines is 1. The third-order valence-electron chi connectivity index (χ3n) is 5.47. The number of aliphatic carboxylic acids is 1. The lowest BCUT2D eigenvalue weighted by Gasteiger charge is -2.27. The summed E-state index contributed by atoms with van der Waals surface area (Å²) in [5.41, 5.74) is 1.46. The van der Waals surface area contributed by atoms with Crippen LogP contribution in [0.2, 0.25) is 0 Å². The molecule has 3 rings (SSSR count). The van der Waals surface area contributed by atoms with Gasteiger partial charge < -0.3 is 15.2 Å². The number of fused-ring (bicyclic) bond motifs is 1. The first-order chi connectivity index (χ1) is 12.5. The summed E-state index contributed by atoms with van der Waals surface area (Å²) in [7, 11) is 1.34. The second-order valence-electron chi connectivity index (χ2n) is 7.09.